The summed E-state index contributed by atoms with van der Waals surface area (Å²) in [6.07, 6.45) is 1.30. The number of nitro groups is 1. The van der Waals surface area contributed by atoms with E-state index in [1.165, 1.54) is 31.3 Å². The predicted octanol–water partition coefficient (Wildman–Crippen LogP) is 1.25. The highest BCUT2D eigenvalue weighted by Gasteiger charge is 2.08. The van der Waals surface area contributed by atoms with E-state index in [1.54, 1.807) is 12.1 Å². The summed E-state index contributed by atoms with van der Waals surface area (Å²) < 4.78 is 0. The highest BCUT2D eigenvalue weighted by molar-refractivity contribution is 6.01. The summed E-state index contributed by atoms with van der Waals surface area (Å²) in [7, 11) is 1.40. The molecule has 0 saturated carbocycles. The van der Waals surface area contributed by atoms with E-state index in [0.29, 0.717) is 5.56 Å². The fraction of sp³-hybridized carbons (Fsp3) is 0.0909. The van der Waals surface area contributed by atoms with Crippen molar-refractivity contribution in [2.45, 2.75) is 0 Å². The average molecular weight is 231 g/mol. The summed E-state index contributed by atoms with van der Waals surface area (Å²) >= 11 is 0. The summed E-state index contributed by atoms with van der Waals surface area (Å²) in [5, 5.41) is 21.6. The maximum absolute atomic E-state index is 11.2. The zero-order valence-corrected chi connectivity index (χ0v) is 9.01. The summed E-state index contributed by atoms with van der Waals surface area (Å²) in [5.74, 6) is -0.529. The Morgan fingerprint density at radius 1 is 1.59 bits per heavy atom. The first kappa shape index (κ1) is 12.4. The number of nitriles is 1. The SMILES string of the molecule is CNC(=O)C(C#N)=Cc1cccc([N+](=O)[O-])c1. The number of nitro benzene ring substituents is 1. The molecule has 1 N–H and O–H groups in total. The third kappa shape index (κ3) is 3.14. The van der Waals surface area contributed by atoms with Crippen LogP contribution in [0.2, 0.25) is 0 Å². The Morgan fingerprint density at radius 2 is 2.29 bits per heavy atom. The van der Waals surface area contributed by atoms with Crippen molar-refractivity contribution >= 4 is 17.7 Å². The van der Waals surface area contributed by atoms with E-state index in [0.717, 1.165) is 0 Å². The number of hydrogen-bond donors (Lipinski definition) is 1. The second kappa shape index (κ2) is 5.42. The summed E-state index contributed by atoms with van der Waals surface area (Å²) in [6, 6.07) is 7.42. The predicted molar refractivity (Wildman–Crippen MR) is 60.8 cm³/mol. The van der Waals surface area contributed by atoms with E-state index in [9.17, 15) is 14.9 Å². The van der Waals surface area contributed by atoms with Crippen LogP contribution in [0.3, 0.4) is 0 Å². The molecule has 1 rings (SSSR count). The van der Waals surface area contributed by atoms with Crippen molar-refractivity contribution in [2.75, 3.05) is 7.05 Å². The third-order valence-corrected chi connectivity index (χ3v) is 1.98. The average Bonchev–Trinajstić information content (AvgIpc) is 2.35. The lowest BCUT2D eigenvalue weighted by molar-refractivity contribution is -0.384. The first-order valence-electron chi connectivity index (χ1n) is 4.67. The van der Waals surface area contributed by atoms with Crippen LogP contribution in [-0.4, -0.2) is 17.9 Å². The fourth-order valence-corrected chi connectivity index (χ4v) is 1.18. The third-order valence-electron chi connectivity index (χ3n) is 1.98. The molecule has 1 aromatic carbocycles. The number of hydrogen-bond acceptors (Lipinski definition) is 4. The molecule has 17 heavy (non-hydrogen) atoms. The van der Waals surface area contributed by atoms with Crippen molar-refractivity contribution in [1.82, 2.24) is 5.32 Å². The summed E-state index contributed by atoms with van der Waals surface area (Å²) in [5.41, 5.74) is 0.236. The van der Waals surface area contributed by atoms with Gasteiger partial charge >= 0.3 is 0 Å². The molecular weight excluding hydrogens is 222 g/mol. The van der Waals surface area contributed by atoms with Crippen molar-refractivity contribution in [3.63, 3.8) is 0 Å². The number of likely N-dealkylation sites (N-methyl/N-ethyl adjacent to an activating group) is 1. The quantitative estimate of drug-likeness (QED) is 0.366. The molecule has 0 atom stereocenters. The van der Waals surface area contributed by atoms with Crippen LogP contribution in [0.15, 0.2) is 29.8 Å². The molecule has 0 bridgehead atoms. The fourth-order valence-electron chi connectivity index (χ4n) is 1.18. The Balaban J connectivity index is 3.13. The highest BCUT2D eigenvalue weighted by Crippen LogP contribution is 2.15. The number of amides is 1. The topological polar surface area (TPSA) is 96.0 Å². The standard InChI is InChI=1S/C11H9N3O3/c1-13-11(15)9(7-12)5-8-3-2-4-10(6-8)14(16)17/h2-6H,1H3,(H,13,15). The second-order valence-electron chi connectivity index (χ2n) is 3.10. The second-order valence-corrected chi connectivity index (χ2v) is 3.10. The van der Waals surface area contributed by atoms with Crippen LogP contribution in [0.25, 0.3) is 6.08 Å². The van der Waals surface area contributed by atoms with Crippen LogP contribution in [0, 0.1) is 21.4 Å². The molecule has 6 nitrogen and oxygen atoms in total. The summed E-state index contributed by atoms with van der Waals surface area (Å²) in [6.45, 7) is 0. The lowest BCUT2D eigenvalue weighted by Gasteiger charge is -1.97. The molecule has 0 aliphatic heterocycles. The van der Waals surface area contributed by atoms with Gasteiger partial charge < -0.3 is 5.32 Å². The number of nitrogens with one attached hydrogen (secondary N) is 1. The Kier molecular flexibility index (Phi) is 3.95. The van der Waals surface area contributed by atoms with Gasteiger partial charge in [0.2, 0.25) is 0 Å². The first-order chi connectivity index (χ1) is 8.08. The summed E-state index contributed by atoms with van der Waals surface area (Å²) in [4.78, 5) is 21.2. The highest BCUT2D eigenvalue weighted by atomic mass is 16.6. The molecule has 0 fully saturated rings. The molecular formula is C11H9N3O3. The molecule has 0 aliphatic carbocycles. The molecule has 0 heterocycles. The van der Waals surface area contributed by atoms with Gasteiger partial charge in [0.15, 0.2) is 0 Å². The van der Waals surface area contributed by atoms with Crippen molar-refractivity contribution in [3.05, 3.63) is 45.5 Å². The molecule has 6 heteroatoms. The van der Waals surface area contributed by atoms with Gasteiger partial charge in [-0.25, -0.2) is 0 Å². The van der Waals surface area contributed by atoms with Crippen molar-refractivity contribution < 1.29 is 9.72 Å². The van der Waals surface area contributed by atoms with Gasteiger partial charge in [0, 0.05) is 19.2 Å². The Bertz CT molecular complexity index is 529. The molecule has 0 spiro atoms. The number of benzene rings is 1. The molecule has 1 aromatic rings. The minimum absolute atomic E-state index is 0.0899. The number of rotatable bonds is 3. The Morgan fingerprint density at radius 3 is 2.82 bits per heavy atom. The zero-order valence-electron chi connectivity index (χ0n) is 9.01. The van der Waals surface area contributed by atoms with E-state index < -0.39 is 10.8 Å². The normalized spacial score (nSPS) is 10.5. The number of non-ortho nitro benzene ring substituents is 1. The molecule has 1 amide bonds. The van der Waals surface area contributed by atoms with E-state index in [4.69, 9.17) is 5.26 Å². The minimum atomic E-state index is -0.538. The molecule has 0 radical (unpaired) electrons. The number of nitrogens with zero attached hydrogens (tertiary/aromatic N) is 2. The van der Waals surface area contributed by atoms with Gasteiger partial charge in [-0.15, -0.1) is 0 Å². The Labute approximate surface area is 97.3 Å². The van der Waals surface area contributed by atoms with Gasteiger partial charge in [0.25, 0.3) is 11.6 Å². The van der Waals surface area contributed by atoms with Crippen LogP contribution in [0.4, 0.5) is 5.69 Å². The van der Waals surface area contributed by atoms with E-state index >= 15 is 0 Å². The minimum Gasteiger partial charge on any atom is -0.354 e. The monoisotopic (exact) mass is 231 g/mol. The van der Waals surface area contributed by atoms with Crippen LogP contribution >= 0.6 is 0 Å². The maximum Gasteiger partial charge on any atom is 0.270 e. The molecule has 86 valence electrons. The maximum atomic E-state index is 11.2. The number of carbonyl (C=O) groups excluding carboxylic acids is 1. The van der Waals surface area contributed by atoms with Gasteiger partial charge in [-0.05, 0) is 11.6 Å². The van der Waals surface area contributed by atoms with E-state index in [1.807, 2.05) is 0 Å². The number of carbonyl (C=O) groups is 1. The van der Waals surface area contributed by atoms with Gasteiger partial charge in [-0.2, -0.15) is 5.26 Å². The van der Waals surface area contributed by atoms with Gasteiger partial charge in [-0.3, -0.25) is 14.9 Å². The van der Waals surface area contributed by atoms with Gasteiger partial charge in [0.05, 0.1) is 4.92 Å². The van der Waals surface area contributed by atoms with Crippen LogP contribution in [0.1, 0.15) is 5.56 Å². The van der Waals surface area contributed by atoms with Crippen LogP contribution in [0.5, 0.6) is 0 Å². The van der Waals surface area contributed by atoms with E-state index in [2.05, 4.69) is 5.32 Å². The van der Waals surface area contributed by atoms with Crippen molar-refractivity contribution in [3.8, 4) is 6.07 Å². The lowest BCUT2D eigenvalue weighted by Crippen LogP contribution is -2.19. The van der Waals surface area contributed by atoms with Gasteiger partial charge in [-0.1, -0.05) is 12.1 Å². The van der Waals surface area contributed by atoms with Crippen LogP contribution in [-0.2, 0) is 4.79 Å². The van der Waals surface area contributed by atoms with Crippen molar-refractivity contribution in [2.24, 2.45) is 0 Å². The first-order valence-corrected chi connectivity index (χ1v) is 4.67. The molecule has 0 saturated heterocycles. The molecule has 0 unspecified atom stereocenters. The Hall–Kier alpha value is -2.68. The zero-order chi connectivity index (χ0) is 12.8. The molecule has 0 aliphatic rings. The van der Waals surface area contributed by atoms with E-state index in [-0.39, 0.29) is 11.3 Å². The van der Waals surface area contributed by atoms with Crippen molar-refractivity contribution in [1.29, 1.82) is 5.26 Å². The van der Waals surface area contributed by atoms with Crippen LogP contribution < -0.4 is 5.32 Å². The largest absolute Gasteiger partial charge is 0.354 e. The van der Waals surface area contributed by atoms with Gasteiger partial charge in [0.1, 0.15) is 11.6 Å². The molecule has 0 aromatic heterocycles. The smallest absolute Gasteiger partial charge is 0.270 e. The lowest BCUT2D eigenvalue weighted by atomic mass is 10.1.